The quantitative estimate of drug-likeness (QED) is 0.478. The Morgan fingerprint density at radius 2 is 2.00 bits per heavy atom. The van der Waals surface area contributed by atoms with Crippen molar-refractivity contribution in [3.63, 3.8) is 0 Å². The number of piperidine rings is 1. The second kappa shape index (κ2) is 10.3. The van der Waals surface area contributed by atoms with E-state index in [9.17, 15) is 4.79 Å². The molecule has 4 N–H and O–H groups in total. The van der Waals surface area contributed by atoms with Crippen molar-refractivity contribution in [2.75, 3.05) is 46.4 Å². The highest BCUT2D eigenvalue weighted by Crippen LogP contribution is 2.38. The number of ether oxygens (including phenoxy) is 1. The summed E-state index contributed by atoms with van der Waals surface area (Å²) in [5.41, 5.74) is 6.40. The van der Waals surface area contributed by atoms with Gasteiger partial charge in [0.25, 0.3) is 0 Å². The zero-order valence-corrected chi connectivity index (χ0v) is 17.9. The van der Waals surface area contributed by atoms with Crippen LogP contribution in [0.2, 0.25) is 5.02 Å². The minimum Gasteiger partial charge on any atom is -0.381 e. The number of guanidine groups is 1. The van der Waals surface area contributed by atoms with Crippen LogP contribution >= 0.6 is 11.6 Å². The normalized spacial score (nSPS) is 21.0. The van der Waals surface area contributed by atoms with Gasteiger partial charge in [0.15, 0.2) is 5.96 Å². The second-order valence-electron chi connectivity index (χ2n) is 7.96. The van der Waals surface area contributed by atoms with Crippen molar-refractivity contribution in [1.82, 2.24) is 15.5 Å². The molecular formula is C21H32ClN5O2. The molecule has 1 aromatic carbocycles. The van der Waals surface area contributed by atoms with Crippen LogP contribution < -0.4 is 16.4 Å². The van der Waals surface area contributed by atoms with Gasteiger partial charge in [-0.05, 0) is 37.3 Å². The predicted molar refractivity (Wildman–Crippen MR) is 116 cm³/mol. The van der Waals surface area contributed by atoms with E-state index < -0.39 is 0 Å². The fourth-order valence-corrected chi connectivity index (χ4v) is 4.63. The van der Waals surface area contributed by atoms with Gasteiger partial charge in [-0.15, -0.1) is 0 Å². The van der Waals surface area contributed by atoms with Gasteiger partial charge in [-0.25, -0.2) is 0 Å². The maximum Gasteiger partial charge on any atom is 0.231 e. The minimum absolute atomic E-state index is 0.0704. The largest absolute Gasteiger partial charge is 0.381 e. The van der Waals surface area contributed by atoms with Crippen LogP contribution in [-0.4, -0.2) is 69.2 Å². The highest BCUT2D eigenvalue weighted by Gasteiger charge is 2.36. The van der Waals surface area contributed by atoms with Crippen LogP contribution in [-0.2, 0) is 14.9 Å². The van der Waals surface area contributed by atoms with Gasteiger partial charge in [-0.3, -0.25) is 14.7 Å². The number of nitrogens with zero attached hydrogens (tertiary/aromatic N) is 2. The van der Waals surface area contributed by atoms with Crippen LogP contribution in [0.5, 0.6) is 0 Å². The van der Waals surface area contributed by atoms with E-state index in [-0.39, 0.29) is 11.3 Å². The zero-order chi connectivity index (χ0) is 20.7. The highest BCUT2D eigenvalue weighted by atomic mass is 35.5. The summed E-state index contributed by atoms with van der Waals surface area (Å²) in [6.07, 6.45) is 3.76. The molecule has 3 rings (SSSR count). The maximum atomic E-state index is 11.1. The van der Waals surface area contributed by atoms with Crippen molar-refractivity contribution >= 4 is 23.5 Å². The van der Waals surface area contributed by atoms with Crippen molar-refractivity contribution in [3.05, 3.63) is 34.9 Å². The van der Waals surface area contributed by atoms with E-state index in [1.807, 2.05) is 18.2 Å². The number of nitrogens with one attached hydrogen (secondary N) is 2. The average molecular weight is 422 g/mol. The molecule has 2 fully saturated rings. The van der Waals surface area contributed by atoms with E-state index in [1.54, 1.807) is 7.05 Å². The lowest BCUT2D eigenvalue weighted by Crippen LogP contribution is -2.52. The van der Waals surface area contributed by atoms with Crippen LogP contribution in [0.25, 0.3) is 0 Å². The third-order valence-corrected chi connectivity index (χ3v) is 6.35. The number of rotatable bonds is 6. The Morgan fingerprint density at radius 1 is 1.31 bits per heavy atom. The van der Waals surface area contributed by atoms with Gasteiger partial charge in [-0.1, -0.05) is 29.8 Å². The van der Waals surface area contributed by atoms with Gasteiger partial charge >= 0.3 is 0 Å². The van der Waals surface area contributed by atoms with Crippen LogP contribution in [0.3, 0.4) is 0 Å². The molecule has 2 heterocycles. The van der Waals surface area contributed by atoms with Crippen molar-refractivity contribution in [3.8, 4) is 0 Å². The SMILES string of the molecule is CN=C(NCC1(c2ccccc2Cl)CCOCC1)NC1CCN(CC(N)=O)CC1. The number of aliphatic imine (C=N–C) groups is 1. The molecule has 0 atom stereocenters. The Balaban J connectivity index is 1.59. The summed E-state index contributed by atoms with van der Waals surface area (Å²) in [5, 5.41) is 7.87. The standard InChI is InChI=1S/C21H32ClN5O2/c1-24-20(26-16-6-10-27(11-7-16)14-19(23)28)25-15-21(8-12-29-13-9-21)17-4-2-3-5-18(17)22/h2-5,16H,6-15H2,1H3,(H2,23,28)(H2,24,25,26). The molecule has 7 nitrogen and oxygen atoms in total. The summed E-state index contributed by atoms with van der Waals surface area (Å²) >= 11 is 6.55. The molecular weight excluding hydrogens is 390 g/mol. The van der Waals surface area contributed by atoms with E-state index in [1.165, 1.54) is 5.56 Å². The molecule has 0 radical (unpaired) electrons. The van der Waals surface area contributed by atoms with Crippen LogP contribution in [0.15, 0.2) is 29.3 Å². The van der Waals surface area contributed by atoms with Gasteiger partial charge in [0, 0.05) is 56.4 Å². The lowest BCUT2D eigenvalue weighted by molar-refractivity contribution is -0.119. The number of carbonyl (C=O) groups is 1. The highest BCUT2D eigenvalue weighted by molar-refractivity contribution is 6.31. The molecule has 29 heavy (non-hydrogen) atoms. The van der Waals surface area contributed by atoms with Crippen molar-refractivity contribution < 1.29 is 9.53 Å². The molecule has 0 saturated carbocycles. The molecule has 8 heteroatoms. The first-order chi connectivity index (χ1) is 14.0. The molecule has 0 bridgehead atoms. The Kier molecular flexibility index (Phi) is 7.75. The number of benzene rings is 1. The fraction of sp³-hybridized carbons (Fsp3) is 0.619. The average Bonchev–Trinajstić information content (AvgIpc) is 2.73. The number of hydrogen-bond acceptors (Lipinski definition) is 4. The lowest BCUT2D eigenvalue weighted by Gasteiger charge is -2.39. The first kappa shape index (κ1) is 21.9. The van der Waals surface area contributed by atoms with E-state index in [0.29, 0.717) is 12.6 Å². The fourth-order valence-electron chi connectivity index (χ4n) is 4.29. The van der Waals surface area contributed by atoms with Gasteiger partial charge < -0.3 is 21.1 Å². The summed E-state index contributed by atoms with van der Waals surface area (Å²) in [7, 11) is 1.80. The molecule has 0 aliphatic carbocycles. The molecule has 1 aromatic rings. The lowest BCUT2D eigenvalue weighted by atomic mass is 9.74. The van der Waals surface area contributed by atoms with Crippen molar-refractivity contribution in [2.45, 2.75) is 37.1 Å². The molecule has 2 saturated heterocycles. The molecule has 2 aliphatic rings. The summed E-state index contributed by atoms with van der Waals surface area (Å²) < 4.78 is 5.62. The number of hydrogen-bond donors (Lipinski definition) is 3. The number of carbonyl (C=O) groups excluding carboxylic acids is 1. The summed E-state index contributed by atoms with van der Waals surface area (Å²) in [6.45, 7) is 4.27. The van der Waals surface area contributed by atoms with Gasteiger partial charge in [-0.2, -0.15) is 0 Å². The Hall–Kier alpha value is -1.83. The Bertz CT molecular complexity index is 713. The first-order valence-corrected chi connectivity index (χ1v) is 10.7. The number of primary amides is 1. The third-order valence-electron chi connectivity index (χ3n) is 6.02. The van der Waals surface area contributed by atoms with E-state index in [4.69, 9.17) is 22.1 Å². The summed E-state index contributed by atoms with van der Waals surface area (Å²) in [5.74, 6) is 0.534. The molecule has 0 aromatic heterocycles. The summed E-state index contributed by atoms with van der Waals surface area (Å²) in [4.78, 5) is 17.6. The van der Waals surface area contributed by atoms with Gasteiger partial charge in [0.1, 0.15) is 0 Å². The summed E-state index contributed by atoms with van der Waals surface area (Å²) in [6, 6.07) is 8.43. The number of nitrogens with two attached hydrogens (primary N) is 1. The first-order valence-electron chi connectivity index (χ1n) is 10.3. The Morgan fingerprint density at radius 3 is 2.62 bits per heavy atom. The predicted octanol–water partition coefficient (Wildman–Crippen LogP) is 1.50. The molecule has 160 valence electrons. The number of halogens is 1. The van der Waals surface area contributed by atoms with E-state index >= 15 is 0 Å². The monoisotopic (exact) mass is 421 g/mol. The minimum atomic E-state index is -0.268. The molecule has 0 unspecified atom stereocenters. The maximum absolute atomic E-state index is 11.1. The Labute approximate surface area is 178 Å². The zero-order valence-electron chi connectivity index (χ0n) is 17.1. The van der Waals surface area contributed by atoms with Gasteiger partial charge in [0.05, 0.1) is 6.54 Å². The number of amides is 1. The molecule has 1 amide bonds. The molecule has 2 aliphatic heterocycles. The van der Waals surface area contributed by atoms with Crippen LogP contribution in [0.1, 0.15) is 31.2 Å². The van der Waals surface area contributed by atoms with Crippen molar-refractivity contribution in [2.24, 2.45) is 10.7 Å². The van der Waals surface area contributed by atoms with Crippen LogP contribution in [0.4, 0.5) is 0 Å². The van der Waals surface area contributed by atoms with Crippen molar-refractivity contribution in [1.29, 1.82) is 0 Å². The molecule has 0 spiro atoms. The van der Waals surface area contributed by atoms with E-state index in [0.717, 1.165) is 69.5 Å². The smallest absolute Gasteiger partial charge is 0.231 e. The topological polar surface area (TPSA) is 92.0 Å². The third kappa shape index (κ3) is 5.84. The van der Waals surface area contributed by atoms with Gasteiger partial charge in [0.2, 0.25) is 5.91 Å². The second-order valence-corrected chi connectivity index (χ2v) is 8.37. The van der Waals surface area contributed by atoms with Crippen LogP contribution in [0, 0.1) is 0 Å². The number of likely N-dealkylation sites (tertiary alicyclic amines) is 1. The van der Waals surface area contributed by atoms with E-state index in [2.05, 4.69) is 26.6 Å².